The van der Waals surface area contributed by atoms with E-state index in [9.17, 15) is 9.59 Å². The second-order valence-corrected chi connectivity index (χ2v) is 7.48. The highest BCUT2D eigenvalue weighted by Crippen LogP contribution is 2.26. The van der Waals surface area contributed by atoms with E-state index in [1.807, 2.05) is 31.2 Å². The highest BCUT2D eigenvalue weighted by molar-refractivity contribution is 6.36. The van der Waals surface area contributed by atoms with Gasteiger partial charge in [0.15, 0.2) is 12.4 Å². The number of ether oxygens (including phenoxy) is 1. The number of hydrogen-bond acceptors (Lipinski definition) is 5. The molecule has 30 heavy (non-hydrogen) atoms. The molecule has 0 aliphatic heterocycles. The average Bonchev–Trinajstić information content (AvgIpc) is 2.73. The van der Waals surface area contributed by atoms with Crippen LogP contribution in [0, 0.1) is 0 Å². The lowest BCUT2D eigenvalue weighted by atomic mass is 9.96. The average molecular weight is 446 g/mol. The number of aromatic nitrogens is 2. The van der Waals surface area contributed by atoms with Gasteiger partial charge in [0.1, 0.15) is 0 Å². The molecule has 3 aromatic rings. The van der Waals surface area contributed by atoms with Crippen LogP contribution >= 0.6 is 23.2 Å². The maximum Gasteiger partial charge on any atom is 0.339 e. The number of anilines is 1. The standard InChI is InChI=1S/C22H21Cl2N3O3/c1-3-7-17-14(4-2)20(15-8-5-6-9-18(15)26-17)22(29)30-12-19(28)27-21-16(24)10-13(23)11-25-21/h5-6,8-11H,3-4,7,12H2,1-2H3,(H,25,27,28). The molecule has 156 valence electrons. The topological polar surface area (TPSA) is 81.2 Å². The van der Waals surface area contributed by atoms with Crippen LogP contribution in [0.25, 0.3) is 10.9 Å². The Morgan fingerprint density at radius 3 is 2.63 bits per heavy atom. The molecule has 1 amide bonds. The molecule has 0 saturated heterocycles. The summed E-state index contributed by atoms with van der Waals surface area (Å²) >= 11 is 11.8. The summed E-state index contributed by atoms with van der Waals surface area (Å²) in [6.45, 7) is 3.57. The molecule has 0 aliphatic carbocycles. The van der Waals surface area contributed by atoms with Gasteiger partial charge in [-0.3, -0.25) is 9.78 Å². The van der Waals surface area contributed by atoms with Crippen molar-refractivity contribution in [2.75, 3.05) is 11.9 Å². The van der Waals surface area contributed by atoms with E-state index < -0.39 is 18.5 Å². The number of aryl methyl sites for hydroxylation is 1. The van der Waals surface area contributed by atoms with Crippen molar-refractivity contribution in [2.24, 2.45) is 0 Å². The highest BCUT2D eigenvalue weighted by Gasteiger charge is 2.21. The van der Waals surface area contributed by atoms with Crippen molar-refractivity contribution in [3.63, 3.8) is 0 Å². The molecule has 0 aliphatic rings. The second-order valence-electron chi connectivity index (χ2n) is 6.64. The monoisotopic (exact) mass is 445 g/mol. The second kappa shape index (κ2) is 9.87. The Morgan fingerprint density at radius 2 is 1.93 bits per heavy atom. The van der Waals surface area contributed by atoms with Gasteiger partial charge in [-0.1, -0.05) is 61.7 Å². The number of carbonyl (C=O) groups excluding carboxylic acids is 2. The van der Waals surface area contributed by atoms with E-state index >= 15 is 0 Å². The number of rotatable bonds is 7. The maximum absolute atomic E-state index is 13.0. The quantitative estimate of drug-likeness (QED) is 0.502. The van der Waals surface area contributed by atoms with E-state index in [1.165, 1.54) is 12.3 Å². The number of para-hydroxylation sites is 1. The van der Waals surface area contributed by atoms with Gasteiger partial charge in [-0.2, -0.15) is 0 Å². The number of carbonyl (C=O) groups is 2. The molecular formula is C22H21Cl2N3O3. The van der Waals surface area contributed by atoms with E-state index in [-0.39, 0.29) is 10.8 Å². The summed E-state index contributed by atoms with van der Waals surface area (Å²) in [5.41, 5.74) is 2.92. The maximum atomic E-state index is 13.0. The van der Waals surface area contributed by atoms with Crippen LogP contribution in [-0.4, -0.2) is 28.5 Å². The Morgan fingerprint density at radius 1 is 1.17 bits per heavy atom. The molecule has 6 nitrogen and oxygen atoms in total. The SMILES string of the molecule is CCCc1nc2ccccc2c(C(=O)OCC(=O)Nc2ncc(Cl)cc2Cl)c1CC. The molecule has 0 fully saturated rings. The Bertz CT molecular complexity index is 1100. The predicted molar refractivity (Wildman–Crippen MR) is 118 cm³/mol. The number of nitrogens with zero attached hydrogens (tertiary/aromatic N) is 2. The number of esters is 1. The normalized spacial score (nSPS) is 10.8. The summed E-state index contributed by atoms with van der Waals surface area (Å²) < 4.78 is 5.33. The van der Waals surface area contributed by atoms with Crippen LogP contribution in [-0.2, 0) is 22.4 Å². The molecule has 0 spiro atoms. The largest absolute Gasteiger partial charge is 0.452 e. The summed E-state index contributed by atoms with van der Waals surface area (Å²) in [4.78, 5) is 33.9. The van der Waals surface area contributed by atoms with Crippen molar-refractivity contribution in [1.29, 1.82) is 0 Å². The lowest BCUT2D eigenvalue weighted by Gasteiger charge is -2.15. The molecule has 8 heteroatoms. The molecule has 0 unspecified atom stereocenters. The lowest BCUT2D eigenvalue weighted by Crippen LogP contribution is -2.22. The van der Waals surface area contributed by atoms with Crippen LogP contribution < -0.4 is 5.32 Å². The Balaban J connectivity index is 1.83. The summed E-state index contributed by atoms with van der Waals surface area (Å²) in [7, 11) is 0. The number of benzene rings is 1. The van der Waals surface area contributed by atoms with Crippen LogP contribution in [0.3, 0.4) is 0 Å². The first-order valence-electron chi connectivity index (χ1n) is 9.63. The predicted octanol–water partition coefficient (Wildman–Crippen LogP) is 5.25. The first-order valence-corrected chi connectivity index (χ1v) is 10.4. The van der Waals surface area contributed by atoms with Gasteiger partial charge in [0.2, 0.25) is 0 Å². The van der Waals surface area contributed by atoms with Crippen LogP contribution in [0.2, 0.25) is 10.0 Å². The third-order valence-electron chi connectivity index (χ3n) is 4.52. The molecule has 2 heterocycles. The fraction of sp³-hybridized carbons (Fsp3) is 0.273. The third-order valence-corrected chi connectivity index (χ3v) is 5.02. The molecule has 1 aromatic carbocycles. The van der Waals surface area contributed by atoms with E-state index in [0.717, 1.165) is 29.6 Å². The number of fused-ring (bicyclic) bond motifs is 1. The van der Waals surface area contributed by atoms with Crippen molar-refractivity contribution in [3.05, 3.63) is 63.4 Å². The number of hydrogen-bond donors (Lipinski definition) is 1. The van der Waals surface area contributed by atoms with E-state index in [0.29, 0.717) is 22.4 Å². The Hall–Kier alpha value is -2.70. The molecular weight excluding hydrogens is 425 g/mol. The highest BCUT2D eigenvalue weighted by atomic mass is 35.5. The van der Waals surface area contributed by atoms with Gasteiger partial charge in [-0.05, 0) is 30.5 Å². The molecule has 2 aromatic heterocycles. The van der Waals surface area contributed by atoms with Gasteiger partial charge in [0.25, 0.3) is 5.91 Å². The fourth-order valence-corrected chi connectivity index (χ4v) is 3.67. The van der Waals surface area contributed by atoms with Crippen molar-refractivity contribution in [1.82, 2.24) is 9.97 Å². The minimum atomic E-state index is -0.562. The van der Waals surface area contributed by atoms with Gasteiger partial charge in [-0.15, -0.1) is 0 Å². The Kier molecular flexibility index (Phi) is 7.24. The zero-order valence-electron chi connectivity index (χ0n) is 16.7. The molecule has 0 radical (unpaired) electrons. The van der Waals surface area contributed by atoms with E-state index in [4.69, 9.17) is 32.9 Å². The number of nitrogens with one attached hydrogen (secondary N) is 1. The number of pyridine rings is 2. The molecule has 0 bridgehead atoms. The minimum absolute atomic E-state index is 0.149. The van der Waals surface area contributed by atoms with Gasteiger partial charge < -0.3 is 10.1 Å². The summed E-state index contributed by atoms with van der Waals surface area (Å²) in [5.74, 6) is -0.964. The zero-order valence-corrected chi connectivity index (χ0v) is 18.2. The summed E-state index contributed by atoms with van der Waals surface area (Å²) in [5, 5.41) is 3.77. The van der Waals surface area contributed by atoms with Crippen LogP contribution in [0.1, 0.15) is 41.9 Å². The number of amides is 1. The summed E-state index contributed by atoms with van der Waals surface area (Å²) in [6, 6.07) is 8.89. The van der Waals surface area contributed by atoms with Crippen molar-refractivity contribution in [3.8, 4) is 0 Å². The number of halogens is 2. The van der Waals surface area contributed by atoms with Crippen LogP contribution in [0.5, 0.6) is 0 Å². The zero-order chi connectivity index (χ0) is 21.7. The lowest BCUT2D eigenvalue weighted by molar-refractivity contribution is -0.119. The Labute approximate surface area is 184 Å². The van der Waals surface area contributed by atoms with Crippen LogP contribution in [0.15, 0.2) is 36.5 Å². The first kappa shape index (κ1) is 22.0. The van der Waals surface area contributed by atoms with Crippen LogP contribution in [0.4, 0.5) is 5.82 Å². The molecule has 0 saturated carbocycles. The van der Waals surface area contributed by atoms with E-state index in [1.54, 1.807) is 0 Å². The first-order chi connectivity index (χ1) is 14.4. The van der Waals surface area contributed by atoms with Crippen molar-refractivity contribution >= 4 is 51.8 Å². The smallest absolute Gasteiger partial charge is 0.339 e. The molecule has 3 rings (SSSR count). The van der Waals surface area contributed by atoms with E-state index in [2.05, 4.69) is 17.2 Å². The summed E-state index contributed by atoms with van der Waals surface area (Å²) in [6.07, 6.45) is 3.66. The van der Waals surface area contributed by atoms with Gasteiger partial charge in [-0.25, -0.2) is 9.78 Å². The van der Waals surface area contributed by atoms with Crippen molar-refractivity contribution < 1.29 is 14.3 Å². The van der Waals surface area contributed by atoms with Crippen molar-refractivity contribution in [2.45, 2.75) is 33.1 Å². The molecule has 1 N–H and O–H groups in total. The molecule has 0 atom stereocenters. The van der Waals surface area contributed by atoms with Gasteiger partial charge in [0.05, 0.1) is 21.1 Å². The fourth-order valence-electron chi connectivity index (χ4n) is 3.24. The van der Waals surface area contributed by atoms with Gasteiger partial charge >= 0.3 is 5.97 Å². The van der Waals surface area contributed by atoms with Gasteiger partial charge in [0, 0.05) is 17.3 Å². The third kappa shape index (κ3) is 4.89. The minimum Gasteiger partial charge on any atom is -0.452 e.